The van der Waals surface area contributed by atoms with Gasteiger partial charge in [-0.15, -0.1) is 0 Å². The zero-order chi connectivity index (χ0) is 20.4. The van der Waals surface area contributed by atoms with Gasteiger partial charge in [0, 0.05) is 33.3 Å². The number of para-hydroxylation sites is 1. The van der Waals surface area contributed by atoms with E-state index in [2.05, 4.69) is 36.4 Å². The van der Waals surface area contributed by atoms with Gasteiger partial charge >= 0.3 is 0 Å². The topological polar surface area (TPSA) is 70.2 Å². The van der Waals surface area contributed by atoms with Crippen molar-refractivity contribution in [1.29, 1.82) is 0 Å². The summed E-state index contributed by atoms with van der Waals surface area (Å²) in [4.78, 5) is 3.43. The molecule has 0 fully saturated rings. The first-order chi connectivity index (χ1) is 13.2. The summed E-state index contributed by atoms with van der Waals surface area (Å²) >= 11 is 7.85. The Bertz CT molecular complexity index is 1060. The molecule has 7 heteroatoms. The van der Waals surface area contributed by atoms with Gasteiger partial charge in [0.05, 0.1) is 5.75 Å². The van der Waals surface area contributed by atoms with E-state index in [0.29, 0.717) is 17.9 Å². The summed E-state index contributed by atoms with van der Waals surface area (Å²) in [6.07, 6.45) is 5.04. The standard InChI is InChI=1S/C21H24ClNO3S2/c1-21(11-4-12-28(24,25)26,16-7-9-17(22)10-8-16)19-13-23-20-15(14-27-2)5-3-6-18(19)20/h3,5-10,13,23H,4,11-12,14H2,1-2H3,(H,24,25,26). The third-order valence-corrected chi connectivity index (χ3v) is 6.91. The summed E-state index contributed by atoms with van der Waals surface area (Å²) in [6, 6.07) is 14.0. The van der Waals surface area contributed by atoms with E-state index in [1.165, 1.54) is 5.56 Å². The Labute approximate surface area is 175 Å². The number of halogens is 1. The highest BCUT2D eigenvalue weighted by molar-refractivity contribution is 7.97. The third kappa shape index (κ3) is 4.57. The number of aromatic amines is 1. The second kappa shape index (κ2) is 8.49. The second-order valence-corrected chi connectivity index (χ2v) is 10.1. The zero-order valence-corrected chi connectivity index (χ0v) is 18.3. The van der Waals surface area contributed by atoms with Gasteiger partial charge in [-0.25, -0.2) is 0 Å². The molecule has 150 valence electrons. The lowest BCUT2D eigenvalue weighted by molar-refractivity contribution is 0.468. The van der Waals surface area contributed by atoms with Crippen LogP contribution >= 0.6 is 23.4 Å². The molecule has 4 nitrogen and oxygen atoms in total. The first-order valence-corrected chi connectivity index (χ1v) is 12.4. The Morgan fingerprint density at radius 1 is 1.18 bits per heavy atom. The monoisotopic (exact) mass is 437 g/mol. The van der Waals surface area contributed by atoms with Gasteiger partial charge in [0.2, 0.25) is 0 Å². The van der Waals surface area contributed by atoms with E-state index < -0.39 is 15.5 Å². The zero-order valence-electron chi connectivity index (χ0n) is 15.9. The van der Waals surface area contributed by atoms with Gasteiger partial charge in [-0.1, -0.05) is 48.9 Å². The number of nitrogens with one attached hydrogen (secondary N) is 1. The van der Waals surface area contributed by atoms with Crippen molar-refractivity contribution in [3.8, 4) is 0 Å². The lowest BCUT2D eigenvalue weighted by Crippen LogP contribution is -2.24. The first-order valence-electron chi connectivity index (χ1n) is 9.04. The van der Waals surface area contributed by atoms with E-state index in [1.807, 2.05) is 30.5 Å². The Morgan fingerprint density at radius 3 is 2.54 bits per heavy atom. The highest BCUT2D eigenvalue weighted by atomic mass is 35.5. The molecule has 0 aliphatic rings. The minimum absolute atomic E-state index is 0.254. The number of H-pyrrole nitrogens is 1. The smallest absolute Gasteiger partial charge is 0.264 e. The first kappa shape index (κ1) is 21.2. The Balaban J connectivity index is 2.09. The van der Waals surface area contributed by atoms with Crippen LogP contribution < -0.4 is 0 Å². The SMILES string of the molecule is CSCc1cccc2c(C(C)(CCCS(=O)(=O)O)c3ccc(Cl)cc3)c[nH]c12. The van der Waals surface area contributed by atoms with Crippen LogP contribution in [0.4, 0.5) is 0 Å². The van der Waals surface area contributed by atoms with E-state index in [9.17, 15) is 8.42 Å². The Hall–Kier alpha value is -1.47. The number of hydrogen-bond acceptors (Lipinski definition) is 3. The van der Waals surface area contributed by atoms with Crippen LogP contribution in [0.15, 0.2) is 48.7 Å². The molecule has 28 heavy (non-hydrogen) atoms. The quantitative estimate of drug-likeness (QED) is 0.446. The number of fused-ring (bicyclic) bond motifs is 1. The fourth-order valence-electron chi connectivity index (χ4n) is 3.81. The maximum absolute atomic E-state index is 11.2. The van der Waals surface area contributed by atoms with Gasteiger partial charge in [-0.05, 0) is 47.9 Å². The van der Waals surface area contributed by atoms with Crippen LogP contribution in [0.2, 0.25) is 5.02 Å². The summed E-state index contributed by atoms with van der Waals surface area (Å²) in [6.45, 7) is 2.12. The van der Waals surface area contributed by atoms with Crippen molar-refractivity contribution in [3.63, 3.8) is 0 Å². The van der Waals surface area contributed by atoms with E-state index in [4.69, 9.17) is 16.2 Å². The van der Waals surface area contributed by atoms with Crippen LogP contribution in [0, 0.1) is 0 Å². The van der Waals surface area contributed by atoms with Gasteiger partial charge in [-0.3, -0.25) is 4.55 Å². The minimum Gasteiger partial charge on any atom is -0.361 e. The third-order valence-electron chi connectivity index (χ3n) is 5.26. The van der Waals surface area contributed by atoms with Crippen molar-refractivity contribution in [1.82, 2.24) is 4.98 Å². The van der Waals surface area contributed by atoms with Crippen LogP contribution in [-0.4, -0.2) is 30.0 Å². The van der Waals surface area contributed by atoms with Gasteiger partial charge in [0.25, 0.3) is 10.1 Å². The number of benzene rings is 2. The Morgan fingerprint density at radius 2 is 1.89 bits per heavy atom. The van der Waals surface area contributed by atoms with Crippen LogP contribution in [0.1, 0.15) is 36.5 Å². The maximum Gasteiger partial charge on any atom is 0.264 e. The van der Waals surface area contributed by atoms with E-state index in [-0.39, 0.29) is 5.75 Å². The highest BCUT2D eigenvalue weighted by Gasteiger charge is 2.32. The van der Waals surface area contributed by atoms with E-state index in [0.717, 1.165) is 27.8 Å². The molecule has 1 aromatic heterocycles. The maximum atomic E-state index is 11.2. The molecular weight excluding hydrogens is 414 g/mol. The van der Waals surface area contributed by atoms with Crippen molar-refractivity contribution in [2.45, 2.75) is 30.9 Å². The molecule has 0 saturated carbocycles. The molecule has 0 bridgehead atoms. The van der Waals surface area contributed by atoms with Crippen LogP contribution in [-0.2, 0) is 21.3 Å². The average molecular weight is 438 g/mol. The lowest BCUT2D eigenvalue weighted by atomic mass is 9.73. The average Bonchev–Trinajstić information content (AvgIpc) is 3.07. The molecule has 3 aromatic rings. The van der Waals surface area contributed by atoms with Crippen molar-refractivity contribution >= 4 is 44.4 Å². The summed E-state index contributed by atoms with van der Waals surface area (Å²) < 4.78 is 31.7. The number of rotatable bonds is 8. The molecular formula is C21H24ClNO3S2. The molecule has 1 unspecified atom stereocenters. The van der Waals surface area contributed by atoms with Crippen LogP contribution in [0.3, 0.4) is 0 Å². The molecule has 1 heterocycles. The summed E-state index contributed by atoms with van der Waals surface area (Å²) in [7, 11) is -3.99. The van der Waals surface area contributed by atoms with Gasteiger partial charge in [0.15, 0.2) is 0 Å². The van der Waals surface area contributed by atoms with Crippen LogP contribution in [0.25, 0.3) is 10.9 Å². The summed E-state index contributed by atoms with van der Waals surface area (Å²) in [5.74, 6) is 0.661. The number of hydrogen-bond donors (Lipinski definition) is 2. The van der Waals surface area contributed by atoms with Crippen molar-refractivity contribution in [2.75, 3.05) is 12.0 Å². The van der Waals surface area contributed by atoms with Gasteiger partial charge < -0.3 is 4.98 Å². The second-order valence-electron chi connectivity index (χ2n) is 7.20. The highest BCUT2D eigenvalue weighted by Crippen LogP contribution is 2.41. The minimum atomic E-state index is -3.99. The van der Waals surface area contributed by atoms with Gasteiger partial charge in [0.1, 0.15) is 0 Å². The number of aromatic nitrogens is 1. The van der Waals surface area contributed by atoms with Gasteiger partial charge in [-0.2, -0.15) is 20.2 Å². The lowest BCUT2D eigenvalue weighted by Gasteiger charge is -2.30. The predicted octanol–water partition coefficient (Wildman–Crippen LogP) is 5.66. The molecule has 0 radical (unpaired) electrons. The van der Waals surface area contributed by atoms with E-state index >= 15 is 0 Å². The summed E-state index contributed by atoms with van der Waals surface area (Å²) in [5.41, 5.74) is 4.10. The fourth-order valence-corrected chi connectivity index (χ4v) is 5.00. The largest absolute Gasteiger partial charge is 0.361 e. The predicted molar refractivity (Wildman–Crippen MR) is 119 cm³/mol. The van der Waals surface area contributed by atoms with Crippen molar-refractivity contribution in [3.05, 3.63) is 70.4 Å². The van der Waals surface area contributed by atoms with Crippen molar-refractivity contribution in [2.24, 2.45) is 0 Å². The summed E-state index contributed by atoms with van der Waals surface area (Å²) in [5, 5.41) is 1.79. The molecule has 0 amide bonds. The molecule has 2 N–H and O–H groups in total. The van der Waals surface area contributed by atoms with Crippen LogP contribution in [0.5, 0.6) is 0 Å². The molecule has 2 aromatic carbocycles. The molecule has 0 spiro atoms. The molecule has 3 rings (SSSR count). The molecule has 0 saturated heterocycles. The molecule has 1 atom stereocenters. The Kier molecular flexibility index (Phi) is 6.44. The van der Waals surface area contributed by atoms with Crippen molar-refractivity contribution < 1.29 is 13.0 Å². The van der Waals surface area contributed by atoms with E-state index in [1.54, 1.807) is 11.8 Å². The number of thioether (sulfide) groups is 1. The molecule has 0 aliphatic carbocycles. The fraction of sp³-hybridized carbons (Fsp3) is 0.333. The molecule has 0 aliphatic heterocycles. The normalized spacial score (nSPS) is 14.3.